The Balaban J connectivity index is 1.79. The number of carbonyl (C=O) groups is 2. The summed E-state index contributed by atoms with van der Waals surface area (Å²) in [6.07, 6.45) is 3.85. The minimum atomic E-state index is -3.60. The molecule has 2 aromatic rings. The van der Waals surface area contributed by atoms with Crippen molar-refractivity contribution in [2.24, 2.45) is 0 Å². The minimum Gasteiger partial charge on any atom is -0.355 e. The Hall–Kier alpha value is -2.23. The van der Waals surface area contributed by atoms with E-state index in [4.69, 9.17) is 0 Å². The van der Waals surface area contributed by atoms with Crippen molar-refractivity contribution in [3.63, 3.8) is 0 Å². The van der Waals surface area contributed by atoms with E-state index in [-0.39, 0.29) is 16.8 Å². The fourth-order valence-electron chi connectivity index (χ4n) is 3.70. The fourth-order valence-corrected chi connectivity index (χ4v) is 6.17. The van der Waals surface area contributed by atoms with Gasteiger partial charge >= 0.3 is 0 Å². The highest BCUT2D eigenvalue weighted by Gasteiger charge is 2.30. The highest BCUT2D eigenvalue weighted by Crippen LogP contribution is 2.33. The number of aryl methyl sites for hydroxylation is 1. The number of benzene rings is 1. The van der Waals surface area contributed by atoms with Crippen LogP contribution < -0.4 is 10.6 Å². The second-order valence-corrected chi connectivity index (χ2v) is 10.7. The first-order chi connectivity index (χ1) is 14.2. The molecule has 0 saturated heterocycles. The second-order valence-electron chi connectivity index (χ2n) is 7.50. The molecule has 1 heterocycles. The van der Waals surface area contributed by atoms with Crippen LogP contribution in [0.15, 0.2) is 29.2 Å². The smallest absolute Gasteiger partial charge is 0.256 e. The summed E-state index contributed by atoms with van der Waals surface area (Å²) in [7, 11) is -0.434. The number of carbonyl (C=O) groups excluding carboxylic acids is 2. The molecule has 1 saturated carbocycles. The lowest BCUT2D eigenvalue weighted by Crippen LogP contribution is -2.35. The van der Waals surface area contributed by atoms with E-state index >= 15 is 0 Å². The maximum absolute atomic E-state index is 12.9. The molecule has 0 unspecified atom stereocenters. The normalized spacial score (nSPS) is 14.8. The van der Waals surface area contributed by atoms with Gasteiger partial charge in [0.15, 0.2) is 0 Å². The standard InChI is InChI=1S/C21H27N3O4S2/c1-13-14(2)29-21(18(13)20(26)22-3)23-19(25)15-9-11-17(12-10-15)30(27,28)24(4)16-7-5-6-8-16/h9-12,16H,5-8H2,1-4H3,(H,22,26)(H,23,25). The van der Waals surface area contributed by atoms with Crippen LogP contribution in [-0.2, 0) is 10.0 Å². The van der Waals surface area contributed by atoms with Crippen molar-refractivity contribution in [1.29, 1.82) is 0 Å². The zero-order chi connectivity index (χ0) is 22.1. The summed E-state index contributed by atoms with van der Waals surface area (Å²) in [6.45, 7) is 3.73. The summed E-state index contributed by atoms with van der Waals surface area (Å²) < 4.78 is 27.2. The molecule has 1 fully saturated rings. The Morgan fingerprint density at radius 3 is 2.23 bits per heavy atom. The molecule has 3 rings (SSSR count). The van der Waals surface area contributed by atoms with E-state index in [0.29, 0.717) is 16.1 Å². The minimum absolute atomic E-state index is 0.0337. The second kappa shape index (κ2) is 8.87. The van der Waals surface area contributed by atoms with Crippen molar-refractivity contribution in [2.75, 3.05) is 19.4 Å². The predicted molar refractivity (Wildman–Crippen MR) is 119 cm³/mol. The molecule has 1 aliphatic carbocycles. The summed E-state index contributed by atoms with van der Waals surface area (Å²) in [4.78, 5) is 26.0. The van der Waals surface area contributed by atoms with Gasteiger partial charge in [0.2, 0.25) is 10.0 Å². The first kappa shape index (κ1) is 22.5. The Morgan fingerprint density at radius 1 is 1.07 bits per heavy atom. The zero-order valence-electron chi connectivity index (χ0n) is 17.6. The van der Waals surface area contributed by atoms with Gasteiger partial charge in [0.25, 0.3) is 11.8 Å². The van der Waals surface area contributed by atoms with E-state index in [1.54, 1.807) is 14.1 Å². The molecule has 2 N–H and O–H groups in total. The zero-order valence-corrected chi connectivity index (χ0v) is 19.2. The Labute approximate surface area is 181 Å². The average molecular weight is 450 g/mol. The van der Waals surface area contributed by atoms with Crippen molar-refractivity contribution in [1.82, 2.24) is 9.62 Å². The first-order valence-electron chi connectivity index (χ1n) is 9.88. The Bertz CT molecular complexity index is 1050. The van der Waals surface area contributed by atoms with Crippen LogP contribution in [0.2, 0.25) is 0 Å². The van der Waals surface area contributed by atoms with Crippen molar-refractivity contribution in [2.45, 2.75) is 50.5 Å². The number of thiophene rings is 1. The molecule has 30 heavy (non-hydrogen) atoms. The average Bonchev–Trinajstić information content (AvgIpc) is 3.36. The summed E-state index contributed by atoms with van der Waals surface area (Å²) in [6, 6.07) is 5.95. The van der Waals surface area contributed by atoms with Gasteiger partial charge in [-0.05, 0) is 56.5 Å². The van der Waals surface area contributed by atoms with E-state index < -0.39 is 15.9 Å². The number of rotatable bonds is 6. The molecule has 0 radical (unpaired) electrons. The Kier molecular flexibility index (Phi) is 6.64. The largest absolute Gasteiger partial charge is 0.355 e. The van der Waals surface area contributed by atoms with Gasteiger partial charge in [0.1, 0.15) is 5.00 Å². The summed E-state index contributed by atoms with van der Waals surface area (Å²) >= 11 is 1.34. The lowest BCUT2D eigenvalue weighted by Gasteiger charge is -2.23. The molecule has 0 atom stereocenters. The van der Waals surface area contributed by atoms with Gasteiger partial charge in [-0.15, -0.1) is 11.3 Å². The van der Waals surface area contributed by atoms with E-state index in [2.05, 4.69) is 10.6 Å². The van der Waals surface area contributed by atoms with E-state index in [1.165, 1.54) is 39.9 Å². The summed E-state index contributed by atoms with van der Waals surface area (Å²) in [5.41, 5.74) is 1.60. The molecule has 2 amide bonds. The van der Waals surface area contributed by atoms with E-state index in [0.717, 1.165) is 36.1 Å². The maximum Gasteiger partial charge on any atom is 0.256 e. The maximum atomic E-state index is 12.9. The number of sulfonamides is 1. The molecular formula is C21H27N3O4S2. The van der Waals surface area contributed by atoms with Crippen LogP contribution in [0.25, 0.3) is 0 Å². The number of nitrogens with zero attached hydrogens (tertiary/aromatic N) is 1. The van der Waals surface area contributed by atoms with Gasteiger partial charge in [-0.3, -0.25) is 9.59 Å². The molecule has 0 bridgehead atoms. The molecule has 0 aliphatic heterocycles. The van der Waals surface area contributed by atoms with Crippen molar-refractivity contribution < 1.29 is 18.0 Å². The lowest BCUT2D eigenvalue weighted by molar-refractivity contribution is 0.0963. The predicted octanol–water partition coefficient (Wildman–Crippen LogP) is 3.54. The highest BCUT2D eigenvalue weighted by molar-refractivity contribution is 7.89. The van der Waals surface area contributed by atoms with Gasteiger partial charge in [-0.25, -0.2) is 8.42 Å². The van der Waals surface area contributed by atoms with Crippen LogP contribution in [-0.4, -0.2) is 44.7 Å². The van der Waals surface area contributed by atoms with Crippen molar-refractivity contribution >= 4 is 38.2 Å². The van der Waals surface area contributed by atoms with E-state index in [9.17, 15) is 18.0 Å². The third-order valence-corrected chi connectivity index (χ3v) is 8.75. The molecule has 0 spiro atoms. The number of nitrogens with one attached hydrogen (secondary N) is 2. The molecule has 1 aromatic heterocycles. The third-order valence-electron chi connectivity index (χ3n) is 5.70. The van der Waals surface area contributed by atoms with Gasteiger partial charge < -0.3 is 10.6 Å². The van der Waals surface area contributed by atoms with Crippen LogP contribution in [0.4, 0.5) is 5.00 Å². The number of hydrogen-bond acceptors (Lipinski definition) is 5. The first-order valence-corrected chi connectivity index (χ1v) is 12.1. The lowest BCUT2D eigenvalue weighted by atomic mass is 10.1. The van der Waals surface area contributed by atoms with E-state index in [1.807, 2.05) is 13.8 Å². The topological polar surface area (TPSA) is 95.6 Å². The van der Waals surface area contributed by atoms with Gasteiger partial charge in [0.05, 0.1) is 10.5 Å². The van der Waals surface area contributed by atoms with Crippen molar-refractivity contribution in [3.8, 4) is 0 Å². The summed E-state index contributed by atoms with van der Waals surface area (Å²) in [5, 5.41) is 5.86. The van der Waals surface area contributed by atoms with Crippen molar-refractivity contribution in [3.05, 3.63) is 45.8 Å². The highest BCUT2D eigenvalue weighted by atomic mass is 32.2. The van der Waals surface area contributed by atoms with Crippen LogP contribution in [0.1, 0.15) is 56.8 Å². The van der Waals surface area contributed by atoms with Gasteiger partial charge in [-0.2, -0.15) is 4.31 Å². The van der Waals surface area contributed by atoms with Crippen LogP contribution in [0, 0.1) is 13.8 Å². The van der Waals surface area contributed by atoms with Gasteiger partial charge in [0, 0.05) is 30.6 Å². The van der Waals surface area contributed by atoms with Crippen LogP contribution in [0.3, 0.4) is 0 Å². The SMILES string of the molecule is CNC(=O)c1c(NC(=O)c2ccc(S(=O)(=O)N(C)C3CCCC3)cc2)sc(C)c1C. The number of anilines is 1. The Morgan fingerprint density at radius 2 is 1.67 bits per heavy atom. The van der Waals surface area contributed by atoms with Gasteiger partial charge in [-0.1, -0.05) is 12.8 Å². The summed E-state index contributed by atoms with van der Waals surface area (Å²) in [5.74, 6) is -0.655. The number of hydrogen-bond donors (Lipinski definition) is 2. The van der Waals surface area contributed by atoms with Crippen LogP contribution in [0.5, 0.6) is 0 Å². The molecule has 1 aromatic carbocycles. The fraction of sp³-hybridized carbons (Fsp3) is 0.429. The number of amides is 2. The molecule has 162 valence electrons. The quantitative estimate of drug-likeness (QED) is 0.705. The monoisotopic (exact) mass is 449 g/mol. The molecule has 7 nitrogen and oxygen atoms in total. The molecule has 1 aliphatic rings. The van der Waals surface area contributed by atoms with Crippen LogP contribution >= 0.6 is 11.3 Å². The third kappa shape index (κ3) is 4.28. The molecule has 9 heteroatoms. The molecular weight excluding hydrogens is 422 g/mol.